The van der Waals surface area contributed by atoms with Crippen LogP contribution in [0.1, 0.15) is 34.1 Å². The van der Waals surface area contributed by atoms with Crippen LogP contribution in [-0.2, 0) is 9.53 Å². The van der Waals surface area contributed by atoms with E-state index in [2.05, 4.69) is 11.8 Å². The highest BCUT2D eigenvalue weighted by molar-refractivity contribution is 5.69. The van der Waals surface area contributed by atoms with Crippen molar-refractivity contribution in [2.45, 2.75) is 39.7 Å². The van der Waals surface area contributed by atoms with Crippen LogP contribution >= 0.6 is 0 Å². The lowest BCUT2D eigenvalue weighted by atomic mass is 10.1. The Kier molecular flexibility index (Phi) is 3.67. The molecule has 0 aliphatic rings. The molecule has 0 radical (unpaired) electrons. The summed E-state index contributed by atoms with van der Waals surface area (Å²) in [7, 11) is 0. The molecular formula is C9H14O2. The molecule has 0 amide bonds. The fourth-order valence-corrected chi connectivity index (χ4v) is 0.683. The predicted octanol–water partition coefficient (Wildman–Crippen LogP) is 1.74. The number of rotatable bonds is 2. The normalized spacial score (nSPS) is 9.82. The van der Waals surface area contributed by atoms with E-state index in [0.717, 1.165) is 0 Å². The molecule has 0 spiro atoms. The zero-order valence-electron chi connectivity index (χ0n) is 7.52. The zero-order chi connectivity index (χ0) is 8.91. The SMILES string of the molecule is CC#CC(C)(C)OC(=O)CC. The van der Waals surface area contributed by atoms with Gasteiger partial charge in [0.1, 0.15) is 0 Å². The van der Waals surface area contributed by atoms with Gasteiger partial charge in [0.05, 0.1) is 0 Å². The van der Waals surface area contributed by atoms with Crippen LogP contribution in [0, 0.1) is 11.8 Å². The summed E-state index contributed by atoms with van der Waals surface area (Å²) in [6.45, 7) is 7.04. The fourth-order valence-electron chi connectivity index (χ4n) is 0.683. The Morgan fingerprint density at radius 1 is 1.55 bits per heavy atom. The minimum absolute atomic E-state index is 0.210. The van der Waals surface area contributed by atoms with E-state index < -0.39 is 5.60 Å². The van der Waals surface area contributed by atoms with Crippen molar-refractivity contribution >= 4 is 5.97 Å². The minimum Gasteiger partial charge on any atom is -0.446 e. The summed E-state index contributed by atoms with van der Waals surface area (Å²) < 4.78 is 5.01. The van der Waals surface area contributed by atoms with Crippen LogP contribution in [0.25, 0.3) is 0 Å². The molecule has 0 bridgehead atoms. The lowest BCUT2D eigenvalue weighted by Crippen LogP contribution is -2.25. The summed E-state index contributed by atoms with van der Waals surface area (Å²) in [6.07, 6.45) is 0.398. The first kappa shape index (κ1) is 10.0. The van der Waals surface area contributed by atoms with Crippen LogP contribution in [0.5, 0.6) is 0 Å². The quantitative estimate of drug-likeness (QED) is 0.447. The smallest absolute Gasteiger partial charge is 0.307 e. The maximum absolute atomic E-state index is 10.8. The van der Waals surface area contributed by atoms with Gasteiger partial charge in [-0.25, -0.2) is 0 Å². The van der Waals surface area contributed by atoms with Gasteiger partial charge in [-0.05, 0) is 20.8 Å². The highest BCUT2D eigenvalue weighted by atomic mass is 16.6. The van der Waals surface area contributed by atoms with Crippen molar-refractivity contribution < 1.29 is 9.53 Å². The van der Waals surface area contributed by atoms with Crippen LogP contribution in [0.4, 0.5) is 0 Å². The summed E-state index contributed by atoms with van der Waals surface area (Å²) >= 11 is 0. The standard InChI is InChI=1S/C9H14O2/c1-5-7-9(3,4)11-8(10)6-2/h6H2,1-4H3. The van der Waals surface area contributed by atoms with E-state index >= 15 is 0 Å². The van der Waals surface area contributed by atoms with Crippen molar-refractivity contribution in [1.82, 2.24) is 0 Å². The molecule has 0 saturated heterocycles. The van der Waals surface area contributed by atoms with Gasteiger partial charge in [0.15, 0.2) is 5.60 Å². The Hall–Kier alpha value is -0.970. The van der Waals surface area contributed by atoms with E-state index in [1.165, 1.54) is 0 Å². The topological polar surface area (TPSA) is 26.3 Å². The first-order valence-corrected chi connectivity index (χ1v) is 3.67. The van der Waals surface area contributed by atoms with E-state index in [1.807, 2.05) is 0 Å². The van der Waals surface area contributed by atoms with Gasteiger partial charge in [-0.1, -0.05) is 12.8 Å². The van der Waals surface area contributed by atoms with Gasteiger partial charge in [-0.2, -0.15) is 0 Å². The lowest BCUT2D eigenvalue weighted by molar-refractivity contribution is -0.151. The molecular weight excluding hydrogens is 140 g/mol. The van der Waals surface area contributed by atoms with Gasteiger partial charge in [0.25, 0.3) is 0 Å². The Labute approximate surface area is 67.9 Å². The maximum Gasteiger partial charge on any atom is 0.307 e. The monoisotopic (exact) mass is 154 g/mol. The second kappa shape index (κ2) is 4.02. The second-order valence-electron chi connectivity index (χ2n) is 2.71. The third-order valence-electron chi connectivity index (χ3n) is 1.08. The summed E-state index contributed by atoms with van der Waals surface area (Å²) in [5.74, 6) is 5.29. The van der Waals surface area contributed by atoms with Crippen molar-refractivity contribution in [2.24, 2.45) is 0 Å². The van der Waals surface area contributed by atoms with Crippen LogP contribution in [-0.4, -0.2) is 11.6 Å². The van der Waals surface area contributed by atoms with Crippen molar-refractivity contribution in [3.05, 3.63) is 0 Å². The summed E-state index contributed by atoms with van der Waals surface area (Å²) in [5.41, 5.74) is -0.637. The number of hydrogen-bond donors (Lipinski definition) is 0. The molecule has 0 aromatic heterocycles. The van der Waals surface area contributed by atoms with Gasteiger partial charge < -0.3 is 4.74 Å². The first-order valence-electron chi connectivity index (χ1n) is 3.67. The summed E-state index contributed by atoms with van der Waals surface area (Å²) in [6, 6.07) is 0. The number of carbonyl (C=O) groups is 1. The molecule has 0 unspecified atom stereocenters. The molecule has 0 atom stereocenters. The van der Waals surface area contributed by atoms with Gasteiger partial charge >= 0.3 is 5.97 Å². The molecule has 0 aromatic rings. The molecule has 0 heterocycles. The molecule has 0 aliphatic heterocycles. The average molecular weight is 154 g/mol. The first-order chi connectivity index (χ1) is 5.02. The highest BCUT2D eigenvalue weighted by Gasteiger charge is 2.17. The van der Waals surface area contributed by atoms with Crippen LogP contribution in [0.2, 0.25) is 0 Å². The minimum atomic E-state index is -0.637. The van der Waals surface area contributed by atoms with Gasteiger partial charge in [-0.3, -0.25) is 4.79 Å². The van der Waals surface area contributed by atoms with E-state index in [9.17, 15) is 4.79 Å². The highest BCUT2D eigenvalue weighted by Crippen LogP contribution is 2.08. The lowest BCUT2D eigenvalue weighted by Gasteiger charge is -2.17. The van der Waals surface area contributed by atoms with Crippen molar-refractivity contribution in [3.8, 4) is 11.8 Å². The van der Waals surface area contributed by atoms with E-state index in [1.54, 1.807) is 27.7 Å². The number of hydrogen-bond acceptors (Lipinski definition) is 2. The molecule has 11 heavy (non-hydrogen) atoms. The maximum atomic E-state index is 10.8. The van der Waals surface area contributed by atoms with Crippen LogP contribution in [0.3, 0.4) is 0 Å². The molecule has 0 aliphatic carbocycles. The van der Waals surface area contributed by atoms with Crippen LogP contribution < -0.4 is 0 Å². The molecule has 0 aromatic carbocycles. The Morgan fingerprint density at radius 2 is 2.09 bits per heavy atom. The Bertz CT molecular complexity index is 193. The summed E-state index contributed by atoms with van der Waals surface area (Å²) in [4.78, 5) is 10.8. The Balaban J connectivity index is 4.08. The van der Waals surface area contributed by atoms with Gasteiger partial charge in [0.2, 0.25) is 0 Å². The molecule has 0 saturated carbocycles. The number of carbonyl (C=O) groups excluding carboxylic acids is 1. The Morgan fingerprint density at radius 3 is 2.45 bits per heavy atom. The zero-order valence-corrected chi connectivity index (χ0v) is 7.52. The predicted molar refractivity (Wildman–Crippen MR) is 43.9 cm³/mol. The van der Waals surface area contributed by atoms with Crippen molar-refractivity contribution in [1.29, 1.82) is 0 Å². The molecule has 2 heteroatoms. The third-order valence-corrected chi connectivity index (χ3v) is 1.08. The molecule has 0 N–H and O–H groups in total. The van der Waals surface area contributed by atoms with Crippen molar-refractivity contribution in [2.75, 3.05) is 0 Å². The third kappa shape index (κ3) is 4.44. The van der Waals surface area contributed by atoms with E-state index in [0.29, 0.717) is 6.42 Å². The van der Waals surface area contributed by atoms with Gasteiger partial charge in [-0.15, -0.1) is 5.92 Å². The fraction of sp³-hybridized carbons (Fsp3) is 0.667. The second-order valence-corrected chi connectivity index (χ2v) is 2.71. The largest absolute Gasteiger partial charge is 0.446 e. The molecule has 0 fully saturated rings. The van der Waals surface area contributed by atoms with Crippen LogP contribution in [0.15, 0.2) is 0 Å². The molecule has 62 valence electrons. The van der Waals surface area contributed by atoms with E-state index in [-0.39, 0.29) is 5.97 Å². The van der Waals surface area contributed by atoms with Crippen molar-refractivity contribution in [3.63, 3.8) is 0 Å². The number of esters is 1. The molecule has 2 nitrogen and oxygen atoms in total. The number of ether oxygens (including phenoxy) is 1. The van der Waals surface area contributed by atoms with E-state index in [4.69, 9.17) is 4.74 Å². The summed E-state index contributed by atoms with van der Waals surface area (Å²) in [5, 5.41) is 0. The van der Waals surface area contributed by atoms with Gasteiger partial charge in [0, 0.05) is 6.42 Å². The molecule has 0 rings (SSSR count). The average Bonchev–Trinajstić information content (AvgIpc) is 1.86.